The highest BCUT2D eigenvalue weighted by atomic mass is 35.5. The molecule has 2 heterocycles. The summed E-state index contributed by atoms with van der Waals surface area (Å²) in [5.41, 5.74) is 2.68. The van der Waals surface area contributed by atoms with Crippen LogP contribution < -0.4 is 4.90 Å². The van der Waals surface area contributed by atoms with Crippen LogP contribution in [-0.2, 0) is 13.0 Å². The maximum atomic E-state index is 11.2. The van der Waals surface area contributed by atoms with E-state index in [1.807, 2.05) is 12.1 Å². The zero-order valence-corrected chi connectivity index (χ0v) is 12.2. The molecule has 3 rings (SSSR count). The number of carboxylic acid groups (broad SMARTS) is 1. The lowest BCUT2D eigenvalue weighted by Gasteiger charge is -2.23. The fourth-order valence-electron chi connectivity index (χ4n) is 2.70. The van der Waals surface area contributed by atoms with Gasteiger partial charge < -0.3 is 10.0 Å². The van der Waals surface area contributed by atoms with E-state index < -0.39 is 5.97 Å². The van der Waals surface area contributed by atoms with Crippen LogP contribution in [0.15, 0.2) is 36.5 Å². The van der Waals surface area contributed by atoms with Gasteiger partial charge in [0.2, 0.25) is 0 Å². The fraction of sp³-hybridized carbons (Fsp3) is 0.250. The second-order valence-electron chi connectivity index (χ2n) is 5.10. The molecule has 0 amide bonds. The highest BCUT2D eigenvalue weighted by Gasteiger charge is 2.20. The van der Waals surface area contributed by atoms with Crippen molar-refractivity contribution in [1.82, 2.24) is 4.98 Å². The summed E-state index contributed by atoms with van der Waals surface area (Å²) in [6.07, 6.45) is 3.51. The Bertz CT molecular complexity index is 688. The number of aromatic nitrogens is 1. The number of anilines is 1. The van der Waals surface area contributed by atoms with Crippen molar-refractivity contribution < 1.29 is 9.90 Å². The van der Waals surface area contributed by atoms with E-state index in [0.29, 0.717) is 12.4 Å². The topological polar surface area (TPSA) is 53.4 Å². The lowest BCUT2D eigenvalue weighted by molar-refractivity contribution is 0.0697. The van der Waals surface area contributed by atoms with Gasteiger partial charge >= 0.3 is 5.97 Å². The molecule has 0 unspecified atom stereocenters. The summed E-state index contributed by atoms with van der Waals surface area (Å²) in [5, 5.41) is 9.38. The van der Waals surface area contributed by atoms with Crippen molar-refractivity contribution in [2.45, 2.75) is 19.4 Å². The molecule has 1 N–H and O–H groups in total. The standard InChI is InChI=1S/C16H15ClN2O2/c17-14-13(16(20)21)7-8-18-15(14)19-9-3-6-11-4-1-2-5-12(11)10-19/h1-2,4-5,7-8H,3,6,9-10H2,(H,20,21). The molecule has 0 saturated carbocycles. The maximum Gasteiger partial charge on any atom is 0.337 e. The number of carboxylic acids is 1. The molecule has 4 nitrogen and oxygen atoms in total. The molecular weight excluding hydrogens is 288 g/mol. The van der Waals surface area contributed by atoms with E-state index in [1.54, 1.807) is 0 Å². The molecule has 0 aliphatic carbocycles. The largest absolute Gasteiger partial charge is 0.478 e. The molecule has 0 bridgehead atoms. The van der Waals surface area contributed by atoms with Crippen molar-refractivity contribution >= 4 is 23.4 Å². The molecule has 21 heavy (non-hydrogen) atoms. The van der Waals surface area contributed by atoms with Crippen molar-refractivity contribution in [3.63, 3.8) is 0 Å². The summed E-state index contributed by atoms with van der Waals surface area (Å²) in [5.74, 6) is -0.479. The van der Waals surface area contributed by atoms with Crippen LogP contribution in [0.1, 0.15) is 27.9 Å². The zero-order valence-electron chi connectivity index (χ0n) is 11.4. The van der Waals surface area contributed by atoms with E-state index in [0.717, 1.165) is 19.4 Å². The Labute approximate surface area is 128 Å². The van der Waals surface area contributed by atoms with E-state index in [9.17, 15) is 9.90 Å². The van der Waals surface area contributed by atoms with Gasteiger partial charge in [0.1, 0.15) is 5.82 Å². The minimum atomic E-state index is -1.03. The van der Waals surface area contributed by atoms with Gasteiger partial charge in [-0.15, -0.1) is 0 Å². The van der Waals surface area contributed by atoms with Crippen LogP contribution in [0.3, 0.4) is 0 Å². The first kappa shape index (κ1) is 13.9. The van der Waals surface area contributed by atoms with Gasteiger partial charge in [-0.05, 0) is 30.0 Å². The number of fused-ring (bicyclic) bond motifs is 1. The van der Waals surface area contributed by atoms with Crippen LogP contribution in [0.25, 0.3) is 0 Å². The summed E-state index contributed by atoms with van der Waals surface area (Å²) in [7, 11) is 0. The van der Waals surface area contributed by atoms with Gasteiger partial charge in [0, 0.05) is 19.3 Å². The van der Waals surface area contributed by atoms with E-state index in [2.05, 4.69) is 22.0 Å². The van der Waals surface area contributed by atoms with Gasteiger partial charge in [-0.2, -0.15) is 0 Å². The summed E-state index contributed by atoms with van der Waals surface area (Å²) >= 11 is 6.23. The van der Waals surface area contributed by atoms with Crippen LogP contribution in [-0.4, -0.2) is 22.6 Å². The fourth-order valence-corrected chi connectivity index (χ4v) is 3.01. The SMILES string of the molecule is O=C(O)c1ccnc(N2CCCc3ccccc3C2)c1Cl. The quantitative estimate of drug-likeness (QED) is 0.924. The lowest BCUT2D eigenvalue weighted by atomic mass is 10.0. The number of nitrogens with zero attached hydrogens (tertiary/aromatic N) is 2. The zero-order chi connectivity index (χ0) is 14.8. The molecular formula is C16H15ClN2O2. The summed E-state index contributed by atoms with van der Waals surface area (Å²) < 4.78 is 0. The Balaban J connectivity index is 1.98. The number of hydrogen-bond acceptors (Lipinski definition) is 3. The Morgan fingerprint density at radius 2 is 2.00 bits per heavy atom. The monoisotopic (exact) mass is 302 g/mol. The molecule has 0 spiro atoms. The van der Waals surface area contributed by atoms with Crippen molar-refractivity contribution in [3.8, 4) is 0 Å². The van der Waals surface area contributed by atoms with Crippen molar-refractivity contribution in [2.24, 2.45) is 0 Å². The van der Waals surface area contributed by atoms with Gasteiger partial charge in [-0.1, -0.05) is 35.9 Å². The molecule has 1 aromatic heterocycles. The lowest BCUT2D eigenvalue weighted by Crippen LogP contribution is -2.24. The Hall–Kier alpha value is -2.07. The molecule has 0 saturated heterocycles. The van der Waals surface area contributed by atoms with Gasteiger partial charge in [0.15, 0.2) is 0 Å². The summed E-state index contributed by atoms with van der Waals surface area (Å²) in [6.45, 7) is 1.51. The van der Waals surface area contributed by atoms with Gasteiger partial charge in [-0.3, -0.25) is 0 Å². The number of aryl methyl sites for hydroxylation is 1. The Morgan fingerprint density at radius 1 is 1.24 bits per heavy atom. The van der Waals surface area contributed by atoms with Crippen molar-refractivity contribution in [3.05, 3.63) is 58.2 Å². The smallest absolute Gasteiger partial charge is 0.337 e. The first-order valence-electron chi connectivity index (χ1n) is 6.86. The number of carbonyl (C=O) groups is 1. The highest BCUT2D eigenvalue weighted by molar-refractivity contribution is 6.35. The van der Waals surface area contributed by atoms with Gasteiger partial charge in [0.05, 0.1) is 10.6 Å². The maximum absolute atomic E-state index is 11.2. The third kappa shape index (κ3) is 2.72. The van der Waals surface area contributed by atoms with Gasteiger partial charge in [-0.25, -0.2) is 9.78 Å². The number of aromatic carboxylic acids is 1. The Morgan fingerprint density at radius 3 is 2.76 bits per heavy atom. The number of pyridine rings is 1. The Kier molecular flexibility index (Phi) is 3.80. The normalized spacial score (nSPS) is 14.4. The van der Waals surface area contributed by atoms with Crippen molar-refractivity contribution in [2.75, 3.05) is 11.4 Å². The summed E-state index contributed by atoms with van der Waals surface area (Å²) in [4.78, 5) is 17.5. The minimum Gasteiger partial charge on any atom is -0.478 e. The van der Waals surface area contributed by atoms with Crippen LogP contribution in [0.2, 0.25) is 5.02 Å². The molecule has 0 radical (unpaired) electrons. The average Bonchev–Trinajstić information content (AvgIpc) is 2.69. The third-order valence-corrected chi connectivity index (χ3v) is 4.13. The molecule has 0 atom stereocenters. The second kappa shape index (κ2) is 5.74. The van der Waals surface area contributed by atoms with Crippen LogP contribution in [0.4, 0.5) is 5.82 Å². The molecule has 1 aliphatic rings. The predicted octanol–water partition coefficient (Wildman–Crippen LogP) is 3.39. The predicted molar refractivity (Wildman–Crippen MR) is 82.0 cm³/mol. The molecule has 5 heteroatoms. The molecule has 1 aliphatic heterocycles. The number of hydrogen-bond donors (Lipinski definition) is 1. The van der Waals surface area contributed by atoms with Crippen LogP contribution in [0.5, 0.6) is 0 Å². The number of halogens is 1. The van der Waals surface area contributed by atoms with E-state index in [1.165, 1.54) is 23.4 Å². The first-order chi connectivity index (χ1) is 10.2. The van der Waals surface area contributed by atoms with E-state index in [-0.39, 0.29) is 10.6 Å². The molecule has 108 valence electrons. The molecule has 1 aromatic carbocycles. The van der Waals surface area contributed by atoms with E-state index in [4.69, 9.17) is 11.6 Å². The second-order valence-corrected chi connectivity index (χ2v) is 5.47. The molecule has 0 fully saturated rings. The number of benzene rings is 1. The van der Waals surface area contributed by atoms with Crippen LogP contribution >= 0.6 is 11.6 Å². The van der Waals surface area contributed by atoms with E-state index >= 15 is 0 Å². The molecule has 2 aromatic rings. The highest BCUT2D eigenvalue weighted by Crippen LogP contribution is 2.30. The number of rotatable bonds is 2. The summed E-state index contributed by atoms with van der Waals surface area (Å²) in [6, 6.07) is 9.74. The van der Waals surface area contributed by atoms with Gasteiger partial charge in [0.25, 0.3) is 0 Å². The minimum absolute atomic E-state index is 0.0965. The van der Waals surface area contributed by atoms with Crippen LogP contribution in [0, 0.1) is 0 Å². The average molecular weight is 303 g/mol. The first-order valence-corrected chi connectivity index (χ1v) is 7.24. The third-order valence-electron chi connectivity index (χ3n) is 3.75. The van der Waals surface area contributed by atoms with Crippen molar-refractivity contribution in [1.29, 1.82) is 0 Å².